The molecule has 0 saturated heterocycles. The summed E-state index contributed by atoms with van der Waals surface area (Å²) in [7, 11) is 0. The van der Waals surface area contributed by atoms with Crippen LogP contribution in [-0.2, 0) is 0 Å². The average Bonchev–Trinajstić information content (AvgIpc) is 1.85. The van der Waals surface area contributed by atoms with Gasteiger partial charge in [-0.15, -0.1) is 0 Å². The van der Waals surface area contributed by atoms with E-state index in [-0.39, 0.29) is 11.6 Å². The number of H-pyrrole nitrogens is 1. The Morgan fingerprint density at radius 1 is 1.55 bits per heavy atom. The minimum atomic E-state index is -0.195. The first-order valence-corrected chi connectivity index (χ1v) is 3.56. The maximum atomic E-state index is 11.1. The highest BCUT2D eigenvalue weighted by Gasteiger charge is 2.02. The maximum Gasteiger partial charge on any atom is 0.252 e. The fourth-order valence-corrected chi connectivity index (χ4v) is 0.942. The molecule has 0 unspecified atom stereocenters. The smallest absolute Gasteiger partial charge is 0.252 e. The Bertz CT molecular complexity index is 301. The highest BCUT2D eigenvalue weighted by molar-refractivity contribution is 5.16. The SMILES string of the molecule is Cc1ccc([C@@H](C)N)c(=O)[nH]1. The summed E-state index contributed by atoms with van der Waals surface area (Å²) in [6.45, 7) is 3.63. The first kappa shape index (κ1) is 8.01. The van der Waals surface area contributed by atoms with Crippen LogP contribution in [0.5, 0.6) is 0 Å². The monoisotopic (exact) mass is 152 g/mol. The number of nitrogens with two attached hydrogens (primary N) is 1. The van der Waals surface area contributed by atoms with Crippen LogP contribution in [0.15, 0.2) is 16.9 Å². The van der Waals surface area contributed by atoms with Crippen molar-refractivity contribution < 1.29 is 0 Å². The molecule has 3 N–H and O–H groups in total. The van der Waals surface area contributed by atoms with Crippen LogP contribution < -0.4 is 11.3 Å². The Morgan fingerprint density at radius 3 is 2.64 bits per heavy atom. The van der Waals surface area contributed by atoms with E-state index in [1.54, 1.807) is 13.0 Å². The van der Waals surface area contributed by atoms with E-state index in [9.17, 15) is 4.79 Å². The Kier molecular flexibility index (Phi) is 2.10. The van der Waals surface area contributed by atoms with Crippen molar-refractivity contribution in [2.75, 3.05) is 0 Å². The number of aromatic amines is 1. The quantitative estimate of drug-likeness (QED) is 0.622. The number of pyridine rings is 1. The van der Waals surface area contributed by atoms with Gasteiger partial charge in [0.15, 0.2) is 0 Å². The summed E-state index contributed by atoms with van der Waals surface area (Å²) < 4.78 is 0. The summed E-state index contributed by atoms with van der Waals surface area (Å²) in [5.41, 5.74) is 6.96. The molecule has 0 fully saturated rings. The van der Waals surface area contributed by atoms with Crippen molar-refractivity contribution in [3.05, 3.63) is 33.7 Å². The van der Waals surface area contributed by atoms with Crippen LogP contribution in [0.4, 0.5) is 0 Å². The Hall–Kier alpha value is -1.09. The topological polar surface area (TPSA) is 58.9 Å². The second-order valence-electron chi connectivity index (χ2n) is 2.71. The van der Waals surface area contributed by atoms with Crippen molar-refractivity contribution in [1.29, 1.82) is 0 Å². The van der Waals surface area contributed by atoms with E-state index in [0.29, 0.717) is 5.56 Å². The van der Waals surface area contributed by atoms with E-state index < -0.39 is 0 Å². The largest absolute Gasteiger partial charge is 0.326 e. The summed E-state index contributed by atoms with van der Waals surface area (Å²) in [5, 5.41) is 0. The predicted octanol–water partition coefficient (Wildman–Crippen LogP) is 0.703. The molecule has 1 aromatic heterocycles. The van der Waals surface area contributed by atoms with Gasteiger partial charge >= 0.3 is 0 Å². The Balaban J connectivity index is 3.21. The number of rotatable bonds is 1. The van der Waals surface area contributed by atoms with E-state index in [1.165, 1.54) is 0 Å². The van der Waals surface area contributed by atoms with E-state index >= 15 is 0 Å². The minimum absolute atomic E-state index is 0.0833. The third kappa shape index (κ3) is 1.68. The van der Waals surface area contributed by atoms with Crippen LogP contribution in [0.1, 0.15) is 24.2 Å². The normalized spacial score (nSPS) is 13.0. The molecule has 0 radical (unpaired) electrons. The van der Waals surface area contributed by atoms with Gasteiger partial charge in [0.05, 0.1) is 0 Å². The molecule has 0 bridgehead atoms. The molecule has 1 rings (SSSR count). The van der Waals surface area contributed by atoms with Gasteiger partial charge in [-0.3, -0.25) is 4.79 Å². The van der Waals surface area contributed by atoms with Crippen molar-refractivity contribution in [2.24, 2.45) is 5.73 Å². The van der Waals surface area contributed by atoms with Crippen LogP contribution in [0.25, 0.3) is 0 Å². The number of hydrogen-bond acceptors (Lipinski definition) is 2. The minimum Gasteiger partial charge on any atom is -0.326 e. The molecule has 11 heavy (non-hydrogen) atoms. The molecule has 0 amide bonds. The van der Waals surface area contributed by atoms with Crippen LogP contribution in [-0.4, -0.2) is 4.98 Å². The zero-order valence-electron chi connectivity index (χ0n) is 6.72. The molecule has 3 heteroatoms. The summed E-state index contributed by atoms with van der Waals surface area (Å²) in [6.07, 6.45) is 0. The van der Waals surface area contributed by atoms with Gasteiger partial charge in [0, 0.05) is 17.3 Å². The van der Waals surface area contributed by atoms with Crippen molar-refractivity contribution in [2.45, 2.75) is 19.9 Å². The van der Waals surface area contributed by atoms with Crippen molar-refractivity contribution >= 4 is 0 Å². The molecule has 0 aromatic carbocycles. The maximum absolute atomic E-state index is 11.1. The second kappa shape index (κ2) is 2.88. The predicted molar refractivity (Wildman–Crippen MR) is 44.4 cm³/mol. The van der Waals surface area contributed by atoms with Gasteiger partial charge in [0.2, 0.25) is 0 Å². The molecular formula is C8H12N2O. The zero-order chi connectivity index (χ0) is 8.43. The molecular weight excluding hydrogens is 140 g/mol. The van der Waals surface area contributed by atoms with Crippen LogP contribution in [0, 0.1) is 6.92 Å². The molecule has 1 atom stereocenters. The van der Waals surface area contributed by atoms with Crippen LogP contribution in [0.3, 0.4) is 0 Å². The van der Waals surface area contributed by atoms with Crippen LogP contribution in [0.2, 0.25) is 0 Å². The van der Waals surface area contributed by atoms with Gasteiger partial charge < -0.3 is 10.7 Å². The highest BCUT2D eigenvalue weighted by Crippen LogP contribution is 2.01. The van der Waals surface area contributed by atoms with Crippen LogP contribution >= 0.6 is 0 Å². The summed E-state index contributed by atoms with van der Waals surface area (Å²) >= 11 is 0. The highest BCUT2D eigenvalue weighted by atomic mass is 16.1. The molecule has 60 valence electrons. The molecule has 3 nitrogen and oxygen atoms in total. The first-order chi connectivity index (χ1) is 5.11. The summed E-state index contributed by atoms with van der Waals surface area (Å²) in [4.78, 5) is 13.8. The van der Waals surface area contributed by atoms with Gasteiger partial charge in [0.1, 0.15) is 0 Å². The Labute approximate surface area is 65.2 Å². The lowest BCUT2D eigenvalue weighted by Crippen LogP contribution is -2.19. The summed E-state index contributed by atoms with van der Waals surface area (Å²) in [6, 6.07) is 3.42. The fourth-order valence-electron chi connectivity index (χ4n) is 0.942. The van der Waals surface area contributed by atoms with Gasteiger partial charge in [0.25, 0.3) is 5.56 Å². The van der Waals surface area contributed by atoms with E-state index in [2.05, 4.69) is 4.98 Å². The molecule has 0 spiro atoms. The molecule has 0 saturated carbocycles. The molecule has 0 aliphatic heterocycles. The number of aryl methyl sites for hydroxylation is 1. The third-order valence-electron chi connectivity index (χ3n) is 1.58. The third-order valence-corrected chi connectivity index (χ3v) is 1.58. The number of aromatic nitrogens is 1. The summed E-state index contributed by atoms with van der Waals surface area (Å²) in [5.74, 6) is 0. The number of hydrogen-bond donors (Lipinski definition) is 2. The lowest BCUT2D eigenvalue weighted by molar-refractivity contribution is 0.797. The van der Waals surface area contributed by atoms with E-state index in [0.717, 1.165) is 5.69 Å². The average molecular weight is 152 g/mol. The lowest BCUT2D eigenvalue weighted by Gasteiger charge is -2.03. The van der Waals surface area contributed by atoms with E-state index in [4.69, 9.17) is 5.73 Å². The molecule has 1 heterocycles. The molecule has 1 aromatic rings. The standard InChI is InChI=1S/C8H12N2O/c1-5-3-4-7(6(2)9)8(11)10-5/h3-4,6H,9H2,1-2H3,(H,10,11)/t6-/m1/s1. The van der Waals surface area contributed by atoms with Gasteiger partial charge in [-0.05, 0) is 19.9 Å². The molecule has 0 aliphatic rings. The fraction of sp³-hybridized carbons (Fsp3) is 0.375. The second-order valence-corrected chi connectivity index (χ2v) is 2.71. The van der Waals surface area contributed by atoms with Crippen molar-refractivity contribution in [3.63, 3.8) is 0 Å². The van der Waals surface area contributed by atoms with Gasteiger partial charge in [-0.2, -0.15) is 0 Å². The molecule has 0 aliphatic carbocycles. The zero-order valence-corrected chi connectivity index (χ0v) is 6.72. The van der Waals surface area contributed by atoms with Crippen molar-refractivity contribution in [3.8, 4) is 0 Å². The lowest BCUT2D eigenvalue weighted by atomic mass is 10.1. The first-order valence-electron chi connectivity index (χ1n) is 3.56. The number of nitrogens with one attached hydrogen (secondary N) is 1. The van der Waals surface area contributed by atoms with E-state index in [1.807, 2.05) is 13.0 Å². The van der Waals surface area contributed by atoms with Gasteiger partial charge in [-0.1, -0.05) is 6.07 Å². The Morgan fingerprint density at radius 2 is 2.18 bits per heavy atom. The van der Waals surface area contributed by atoms with Gasteiger partial charge in [-0.25, -0.2) is 0 Å². The van der Waals surface area contributed by atoms with Crippen molar-refractivity contribution in [1.82, 2.24) is 4.98 Å².